The molecule has 0 saturated heterocycles. The lowest BCUT2D eigenvalue weighted by atomic mass is 9.86. The van der Waals surface area contributed by atoms with Crippen LogP contribution in [0, 0.1) is 0 Å². The maximum absolute atomic E-state index is 13.8. The molecular formula is C32H38Cl2N2O2. The molecule has 0 aromatic heterocycles. The van der Waals surface area contributed by atoms with Crippen molar-refractivity contribution in [2.24, 2.45) is 0 Å². The SMILES string of the molecule is CC(C)NC(=O)C(Cc1ccccc1)N(Cc1ccc(Cl)c(Cl)c1)C(=O)CCc1ccc(C(C)(C)C)cc1. The number of benzene rings is 3. The molecule has 1 unspecified atom stereocenters. The number of aryl methyl sites for hydroxylation is 1. The third-order valence-electron chi connectivity index (χ3n) is 6.49. The van der Waals surface area contributed by atoms with E-state index >= 15 is 0 Å². The minimum atomic E-state index is -0.676. The van der Waals surface area contributed by atoms with Crippen LogP contribution in [0.5, 0.6) is 0 Å². The third kappa shape index (κ3) is 8.61. The molecule has 0 aliphatic carbocycles. The van der Waals surface area contributed by atoms with Crippen LogP contribution in [0.3, 0.4) is 0 Å². The second kappa shape index (κ2) is 13.3. The van der Waals surface area contributed by atoms with Crippen molar-refractivity contribution in [1.29, 1.82) is 0 Å². The maximum atomic E-state index is 13.8. The van der Waals surface area contributed by atoms with Crippen LogP contribution in [0.4, 0.5) is 0 Å². The largest absolute Gasteiger partial charge is 0.352 e. The number of nitrogens with zero attached hydrogens (tertiary/aromatic N) is 1. The Bertz CT molecular complexity index is 1220. The second-order valence-corrected chi connectivity index (χ2v) is 11.9. The molecule has 0 fully saturated rings. The molecule has 4 nitrogen and oxygen atoms in total. The van der Waals surface area contributed by atoms with E-state index in [1.807, 2.05) is 50.2 Å². The Morgan fingerprint density at radius 2 is 1.47 bits per heavy atom. The van der Waals surface area contributed by atoms with E-state index in [1.165, 1.54) is 5.56 Å². The molecule has 0 aliphatic heterocycles. The molecule has 202 valence electrons. The zero-order valence-corrected chi connectivity index (χ0v) is 24.4. The lowest BCUT2D eigenvalue weighted by molar-refractivity contribution is -0.141. The molecule has 0 spiro atoms. The highest BCUT2D eigenvalue weighted by Gasteiger charge is 2.30. The average Bonchev–Trinajstić information content (AvgIpc) is 2.86. The predicted molar refractivity (Wildman–Crippen MR) is 158 cm³/mol. The van der Waals surface area contributed by atoms with Crippen LogP contribution in [-0.2, 0) is 34.4 Å². The summed E-state index contributed by atoms with van der Waals surface area (Å²) < 4.78 is 0. The molecule has 3 aromatic rings. The predicted octanol–water partition coefficient (Wildman–Crippen LogP) is 7.39. The Morgan fingerprint density at radius 3 is 2.05 bits per heavy atom. The van der Waals surface area contributed by atoms with Gasteiger partial charge in [0.25, 0.3) is 0 Å². The van der Waals surface area contributed by atoms with E-state index in [0.717, 1.165) is 16.7 Å². The Labute approximate surface area is 237 Å². The molecule has 1 atom stereocenters. The summed E-state index contributed by atoms with van der Waals surface area (Å²) >= 11 is 12.4. The van der Waals surface area contributed by atoms with Crippen LogP contribution in [0.25, 0.3) is 0 Å². The lowest BCUT2D eigenvalue weighted by Crippen LogP contribution is -2.51. The molecule has 3 aromatic carbocycles. The van der Waals surface area contributed by atoms with Gasteiger partial charge >= 0.3 is 0 Å². The van der Waals surface area contributed by atoms with Crippen molar-refractivity contribution in [2.45, 2.75) is 77.9 Å². The fraction of sp³-hybridized carbons (Fsp3) is 0.375. The van der Waals surface area contributed by atoms with Gasteiger partial charge in [0, 0.05) is 25.4 Å². The monoisotopic (exact) mass is 552 g/mol. The van der Waals surface area contributed by atoms with E-state index < -0.39 is 6.04 Å². The molecule has 0 heterocycles. The number of nitrogens with one attached hydrogen (secondary N) is 1. The topological polar surface area (TPSA) is 49.4 Å². The van der Waals surface area contributed by atoms with Crippen molar-refractivity contribution in [3.05, 3.63) is 105 Å². The minimum absolute atomic E-state index is 0.0518. The van der Waals surface area contributed by atoms with Crippen molar-refractivity contribution in [3.8, 4) is 0 Å². The van der Waals surface area contributed by atoms with Gasteiger partial charge < -0.3 is 10.2 Å². The normalized spacial score (nSPS) is 12.3. The van der Waals surface area contributed by atoms with E-state index in [0.29, 0.717) is 22.9 Å². The highest BCUT2D eigenvalue weighted by molar-refractivity contribution is 6.42. The first-order valence-electron chi connectivity index (χ1n) is 13.1. The van der Waals surface area contributed by atoms with Gasteiger partial charge in [0.05, 0.1) is 10.0 Å². The molecule has 38 heavy (non-hydrogen) atoms. The first kappa shape index (κ1) is 29.7. The van der Waals surface area contributed by atoms with Gasteiger partial charge in [-0.05, 0) is 60.1 Å². The van der Waals surface area contributed by atoms with Crippen LogP contribution >= 0.6 is 23.2 Å². The molecule has 2 amide bonds. The van der Waals surface area contributed by atoms with Crippen molar-refractivity contribution >= 4 is 35.0 Å². The van der Waals surface area contributed by atoms with E-state index in [4.69, 9.17) is 23.2 Å². The number of hydrogen-bond acceptors (Lipinski definition) is 2. The molecule has 6 heteroatoms. The van der Waals surface area contributed by atoms with Crippen molar-refractivity contribution in [3.63, 3.8) is 0 Å². The van der Waals surface area contributed by atoms with Crippen LogP contribution in [-0.4, -0.2) is 28.8 Å². The zero-order valence-electron chi connectivity index (χ0n) is 22.9. The van der Waals surface area contributed by atoms with E-state index in [-0.39, 0.29) is 36.2 Å². The van der Waals surface area contributed by atoms with Crippen LogP contribution in [0.2, 0.25) is 10.0 Å². The molecular weight excluding hydrogens is 515 g/mol. The molecule has 0 aliphatic rings. The summed E-state index contributed by atoms with van der Waals surface area (Å²) in [6, 6.07) is 22.8. The fourth-order valence-electron chi connectivity index (χ4n) is 4.34. The van der Waals surface area contributed by atoms with Gasteiger partial charge in [-0.3, -0.25) is 9.59 Å². The minimum Gasteiger partial charge on any atom is -0.352 e. The number of rotatable bonds is 10. The third-order valence-corrected chi connectivity index (χ3v) is 7.23. The lowest BCUT2D eigenvalue weighted by Gasteiger charge is -2.32. The Balaban J connectivity index is 1.90. The van der Waals surface area contributed by atoms with Gasteiger partial charge in [0.2, 0.25) is 11.8 Å². The Hall–Kier alpha value is -2.82. The van der Waals surface area contributed by atoms with Crippen LogP contribution in [0.15, 0.2) is 72.8 Å². The highest BCUT2D eigenvalue weighted by Crippen LogP contribution is 2.25. The van der Waals surface area contributed by atoms with E-state index in [2.05, 4.69) is 50.4 Å². The van der Waals surface area contributed by atoms with Crippen molar-refractivity contribution < 1.29 is 9.59 Å². The van der Waals surface area contributed by atoms with Gasteiger partial charge in [-0.2, -0.15) is 0 Å². The van der Waals surface area contributed by atoms with Crippen LogP contribution in [0.1, 0.15) is 63.3 Å². The molecule has 0 bridgehead atoms. The summed E-state index contributed by atoms with van der Waals surface area (Å²) in [4.78, 5) is 29.0. The van der Waals surface area contributed by atoms with Crippen molar-refractivity contribution in [1.82, 2.24) is 10.2 Å². The zero-order chi connectivity index (χ0) is 27.9. The van der Waals surface area contributed by atoms with Gasteiger partial charge in [-0.15, -0.1) is 0 Å². The molecule has 1 N–H and O–H groups in total. The summed E-state index contributed by atoms with van der Waals surface area (Å²) in [5.41, 5.74) is 4.22. The Kier molecular flexibility index (Phi) is 10.4. The maximum Gasteiger partial charge on any atom is 0.243 e. The van der Waals surface area contributed by atoms with E-state index in [1.54, 1.807) is 17.0 Å². The second-order valence-electron chi connectivity index (χ2n) is 11.1. The quantitative estimate of drug-likeness (QED) is 0.285. The van der Waals surface area contributed by atoms with Gasteiger partial charge in [0.15, 0.2) is 0 Å². The van der Waals surface area contributed by atoms with Gasteiger partial charge in [-0.25, -0.2) is 0 Å². The number of carbonyl (C=O) groups excluding carboxylic acids is 2. The van der Waals surface area contributed by atoms with Gasteiger partial charge in [-0.1, -0.05) is 105 Å². The summed E-state index contributed by atoms with van der Waals surface area (Å²) in [5.74, 6) is -0.261. The Morgan fingerprint density at radius 1 is 0.842 bits per heavy atom. The van der Waals surface area contributed by atoms with Gasteiger partial charge in [0.1, 0.15) is 6.04 Å². The summed E-state index contributed by atoms with van der Waals surface area (Å²) in [5, 5.41) is 3.89. The van der Waals surface area contributed by atoms with E-state index in [9.17, 15) is 9.59 Å². The number of carbonyl (C=O) groups is 2. The highest BCUT2D eigenvalue weighted by atomic mass is 35.5. The summed E-state index contributed by atoms with van der Waals surface area (Å²) in [6.45, 7) is 10.6. The number of amides is 2. The molecule has 0 radical (unpaired) electrons. The summed E-state index contributed by atoms with van der Waals surface area (Å²) in [6.07, 6.45) is 1.29. The summed E-state index contributed by atoms with van der Waals surface area (Å²) in [7, 11) is 0. The average molecular weight is 554 g/mol. The number of hydrogen-bond donors (Lipinski definition) is 1. The molecule has 3 rings (SSSR count). The first-order chi connectivity index (χ1) is 17.9. The van der Waals surface area contributed by atoms with Crippen LogP contribution < -0.4 is 5.32 Å². The number of halogens is 2. The first-order valence-corrected chi connectivity index (χ1v) is 13.9. The smallest absolute Gasteiger partial charge is 0.243 e. The molecule has 0 saturated carbocycles. The standard InChI is InChI=1S/C32H38Cl2N2O2/c1-22(2)35-31(38)29(20-24-9-7-6-8-10-24)36(21-25-13-17-27(33)28(34)19-25)30(37)18-14-23-11-15-26(16-12-23)32(3,4)5/h6-13,15-17,19,22,29H,14,18,20-21H2,1-5H3,(H,35,38). The fourth-order valence-corrected chi connectivity index (χ4v) is 4.66. The van der Waals surface area contributed by atoms with Crippen molar-refractivity contribution in [2.75, 3.05) is 0 Å².